The van der Waals surface area contributed by atoms with Crippen LogP contribution >= 0.6 is 11.6 Å². The Bertz CT molecular complexity index is 545. The highest BCUT2D eigenvalue weighted by Gasteiger charge is 2.35. The van der Waals surface area contributed by atoms with Crippen molar-refractivity contribution in [1.29, 1.82) is 0 Å². The minimum atomic E-state index is -3.50. The zero-order chi connectivity index (χ0) is 14.2. The highest BCUT2D eigenvalue weighted by atomic mass is 35.5. The molecule has 2 heterocycles. The Morgan fingerprint density at radius 1 is 1.37 bits per heavy atom. The third-order valence-electron chi connectivity index (χ3n) is 3.52. The molecule has 108 valence electrons. The number of halogens is 1. The standard InChI is InChI=1S/C12H20ClN3O2S/c1-8-4-9(2)7-16(6-8)19(17,18)12-10(3)14-15-11(12)5-13/h8-9H,4-7H2,1-3H3,(H,14,15). The van der Waals surface area contributed by atoms with E-state index in [-0.39, 0.29) is 10.8 Å². The number of aromatic nitrogens is 2. The molecule has 0 aromatic carbocycles. The fourth-order valence-electron chi connectivity index (χ4n) is 2.83. The predicted octanol–water partition coefficient (Wildman–Crippen LogP) is 2.12. The Balaban J connectivity index is 2.39. The highest BCUT2D eigenvalue weighted by Crippen LogP contribution is 2.29. The molecular weight excluding hydrogens is 286 g/mol. The summed E-state index contributed by atoms with van der Waals surface area (Å²) in [5, 5.41) is 6.69. The molecule has 0 aliphatic carbocycles. The number of nitrogens with one attached hydrogen (secondary N) is 1. The molecule has 1 aliphatic rings. The Morgan fingerprint density at radius 2 is 1.95 bits per heavy atom. The van der Waals surface area contributed by atoms with E-state index >= 15 is 0 Å². The van der Waals surface area contributed by atoms with E-state index in [0.29, 0.717) is 36.3 Å². The Morgan fingerprint density at radius 3 is 2.47 bits per heavy atom. The van der Waals surface area contributed by atoms with Crippen LogP contribution in [-0.2, 0) is 15.9 Å². The van der Waals surface area contributed by atoms with Crippen molar-refractivity contribution in [2.24, 2.45) is 11.8 Å². The van der Waals surface area contributed by atoms with Gasteiger partial charge in [0.05, 0.1) is 17.3 Å². The molecule has 2 rings (SSSR count). The van der Waals surface area contributed by atoms with Gasteiger partial charge in [-0.15, -0.1) is 11.6 Å². The summed E-state index contributed by atoms with van der Waals surface area (Å²) in [5.41, 5.74) is 0.964. The van der Waals surface area contributed by atoms with Crippen molar-refractivity contribution < 1.29 is 8.42 Å². The quantitative estimate of drug-likeness (QED) is 0.870. The molecular formula is C12H20ClN3O2S. The van der Waals surface area contributed by atoms with E-state index in [1.807, 2.05) is 0 Å². The van der Waals surface area contributed by atoms with Gasteiger partial charge in [-0.05, 0) is 25.2 Å². The van der Waals surface area contributed by atoms with Gasteiger partial charge in [-0.25, -0.2) is 8.42 Å². The smallest absolute Gasteiger partial charge is 0.246 e. The van der Waals surface area contributed by atoms with Crippen LogP contribution in [0.4, 0.5) is 0 Å². The molecule has 2 unspecified atom stereocenters. The Labute approximate surface area is 119 Å². The summed E-state index contributed by atoms with van der Waals surface area (Å²) in [6.45, 7) is 7.02. The minimum Gasteiger partial charge on any atom is -0.281 e. The van der Waals surface area contributed by atoms with Crippen LogP contribution in [0.3, 0.4) is 0 Å². The van der Waals surface area contributed by atoms with Gasteiger partial charge in [0.2, 0.25) is 10.0 Å². The van der Waals surface area contributed by atoms with E-state index in [9.17, 15) is 8.42 Å². The number of H-pyrrole nitrogens is 1. The first-order chi connectivity index (χ1) is 8.86. The first-order valence-electron chi connectivity index (χ1n) is 6.46. The van der Waals surface area contributed by atoms with Crippen molar-refractivity contribution in [2.45, 2.75) is 38.0 Å². The lowest BCUT2D eigenvalue weighted by atomic mass is 9.94. The van der Waals surface area contributed by atoms with Crippen LogP contribution in [0.2, 0.25) is 0 Å². The topological polar surface area (TPSA) is 66.1 Å². The third-order valence-corrected chi connectivity index (χ3v) is 5.81. The van der Waals surface area contributed by atoms with E-state index in [4.69, 9.17) is 11.6 Å². The minimum absolute atomic E-state index is 0.0951. The van der Waals surface area contributed by atoms with Crippen molar-refractivity contribution in [2.75, 3.05) is 13.1 Å². The molecule has 0 saturated carbocycles. The van der Waals surface area contributed by atoms with Gasteiger partial charge in [0, 0.05) is 13.1 Å². The summed E-state index contributed by atoms with van der Waals surface area (Å²) in [6.07, 6.45) is 1.07. The molecule has 0 amide bonds. The van der Waals surface area contributed by atoms with Gasteiger partial charge >= 0.3 is 0 Å². The summed E-state index contributed by atoms with van der Waals surface area (Å²) >= 11 is 5.78. The SMILES string of the molecule is Cc1[nH]nc(CCl)c1S(=O)(=O)N1CC(C)CC(C)C1. The molecule has 1 aliphatic heterocycles. The fraction of sp³-hybridized carbons (Fsp3) is 0.750. The van der Waals surface area contributed by atoms with E-state index < -0.39 is 10.0 Å². The van der Waals surface area contributed by atoms with Crippen molar-refractivity contribution in [1.82, 2.24) is 14.5 Å². The first kappa shape index (κ1) is 14.8. The molecule has 0 spiro atoms. The largest absolute Gasteiger partial charge is 0.281 e. The summed E-state index contributed by atoms with van der Waals surface area (Å²) in [4.78, 5) is 0.254. The molecule has 0 radical (unpaired) electrons. The summed E-state index contributed by atoms with van der Waals surface area (Å²) in [6, 6.07) is 0. The Kier molecular flexibility index (Phi) is 4.23. The monoisotopic (exact) mass is 305 g/mol. The number of nitrogens with zero attached hydrogens (tertiary/aromatic N) is 2. The lowest BCUT2D eigenvalue weighted by molar-refractivity contribution is 0.222. The molecule has 1 N–H and O–H groups in total. The van der Waals surface area contributed by atoms with Gasteiger partial charge in [-0.2, -0.15) is 9.40 Å². The maximum absolute atomic E-state index is 12.7. The van der Waals surface area contributed by atoms with Crippen molar-refractivity contribution in [3.63, 3.8) is 0 Å². The summed E-state index contributed by atoms with van der Waals surface area (Å²) in [5.74, 6) is 0.855. The third kappa shape index (κ3) is 2.80. The first-order valence-corrected chi connectivity index (χ1v) is 8.43. The van der Waals surface area contributed by atoms with Gasteiger partial charge in [0.25, 0.3) is 0 Å². The predicted molar refractivity (Wildman–Crippen MR) is 74.6 cm³/mol. The number of hydrogen-bond donors (Lipinski definition) is 1. The van der Waals surface area contributed by atoms with Crippen LogP contribution in [0.15, 0.2) is 4.90 Å². The number of hydrogen-bond acceptors (Lipinski definition) is 3. The lowest BCUT2D eigenvalue weighted by Crippen LogP contribution is -2.42. The molecule has 7 heteroatoms. The molecule has 1 saturated heterocycles. The molecule has 2 atom stereocenters. The van der Waals surface area contributed by atoms with E-state index in [1.54, 1.807) is 11.2 Å². The second kappa shape index (κ2) is 5.42. The normalized spacial score (nSPS) is 25.7. The Hall–Kier alpha value is -0.590. The summed E-state index contributed by atoms with van der Waals surface area (Å²) < 4.78 is 27.1. The second-order valence-electron chi connectivity index (χ2n) is 5.53. The second-order valence-corrected chi connectivity index (χ2v) is 7.67. The molecule has 0 bridgehead atoms. The average Bonchev–Trinajstić information content (AvgIpc) is 2.69. The maximum atomic E-state index is 12.7. The average molecular weight is 306 g/mol. The zero-order valence-corrected chi connectivity index (χ0v) is 13.1. The number of piperidine rings is 1. The number of aromatic amines is 1. The van der Waals surface area contributed by atoms with Crippen LogP contribution in [0, 0.1) is 18.8 Å². The molecule has 1 aromatic heterocycles. The maximum Gasteiger partial charge on any atom is 0.246 e. The van der Waals surface area contributed by atoms with Crippen LogP contribution in [0.5, 0.6) is 0 Å². The van der Waals surface area contributed by atoms with Gasteiger partial charge in [-0.3, -0.25) is 5.10 Å². The van der Waals surface area contributed by atoms with Crippen molar-refractivity contribution in [3.05, 3.63) is 11.4 Å². The molecule has 5 nitrogen and oxygen atoms in total. The fourth-order valence-corrected chi connectivity index (χ4v) is 5.11. The summed E-state index contributed by atoms with van der Waals surface area (Å²) in [7, 11) is -3.50. The van der Waals surface area contributed by atoms with Gasteiger partial charge in [0.15, 0.2) is 0 Å². The molecule has 1 aromatic rings. The molecule has 19 heavy (non-hydrogen) atoms. The van der Waals surface area contributed by atoms with E-state index in [2.05, 4.69) is 24.0 Å². The molecule has 1 fully saturated rings. The van der Waals surface area contributed by atoms with Crippen LogP contribution < -0.4 is 0 Å². The zero-order valence-electron chi connectivity index (χ0n) is 11.5. The van der Waals surface area contributed by atoms with Gasteiger partial charge in [-0.1, -0.05) is 13.8 Å². The van der Waals surface area contributed by atoms with E-state index in [1.165, 1.54) is 0 Å². The highest BCUT2D eigenvalue weighted by molar-refractivity contribution is 7.89. The van der Waals surface area contributed by atoms with Crippen LogP contribution in [-0.4, -0.2) is 36.0 Å². The van der Waals surface area contributed by atoms with Crippen LogP contribution in [0.25, 0.3) is 0 Å². The number of sulfonamides is 1. The van der Waals surface area contributed by atoms with Crippen molar-refractivity contribution in [3.8, 4) is 0 Å². The number of rotatable bonds is 3. The van der Waals surface area contributed by atoms with Crippen molar-refractivity contribution >= 4 is 21.6 Å². The van der Waals surface area contributed by atoms with E-state index in [0.717, 1.165) is 6.42 Å². The van der Waals surface area contributed by atoms with Gasteiger partial charge in [0.1, 0.15) is 4.90 Å². The number of aryl methyl sites for hydroxylation is 1. The lowest BCUT2D eigenvalue weighted by Gasteiger charge is -2.34. The van der Waals surface area contributed by atoms with Crippen LogP contribution in [0.1, 0.15) is 31.7 Å². The van der Waals surface area contributed by atoms with Gasteiger partial charge < -0.3 is 0 Å². The number of alkyl halides is 1.